The Morgan fingerprint density at radius 1 is 0.900 bits per heavy atom. The van der Waals surface area contributed by atoms with Crippen LogP contribution in [0.15, 0.2) is 0 Å². The quantitative estimate of drug-likeness (QED) is 0.692. The van der Waals surface area contributed by atoms with E-state index < -0.39 is 0 Å². The van der Waals surface area contributed by atoms with Crippen LogP contribution in [0, 0.1) is 11.8 Å². The predicted octanol–water partition coefficient (Wildman–Crippen LogP) is 4.53. The fourth-order valence-corrected chi connectivity index (χ4v) is 4.00. The second-order valence-electron chi connectivity index (χ2n) is 7.04. The van der Waals surface area contributed by atoms with Gasteiger partial charge >= 0.3 is 0 Å². The molecule has 0 amide bonds. The Morgan fingerprint density at radius 3 is 2.10 bits per heavy atom. The highest BCUT2D eigenvalue weighted by atomic mass is 16.5. The van der Waals surface area contributed by atoms with E-state index in [-0.39, 0.29) is 0 Å². The van der Waals surface area contributed by atoms with E-state index in [0.29, 0.717) is 0 Å². The van der Waals surface area contributed by atoms with Crippen molar-refractivity contribution in [2.75, 3.05) is 19.8 Å². The highest BCUT2D eigenvalue weighted by Gasteiger charge is 2.22. The maximum Gasteiger partial charge on any atom is 0.0468 e. The summed E-state index contributed by atoms with van der Waals surface area (Å²) in [6, 6.07) is 0.765. The molecule has 0 spiro atoms. The van der Waals surface area contributed by atoms with Crippen LogP contribution in [0.5, 0.6) is 0 Å². The van der Waals surface area contributed by atoms with Crippen molar-refractivity contribution in [3.8, 4) is 0 Å². The number of rotatable bonds is 7. The second kappa shape index (κ2) is 9.78. The molecule has 2 aliphatic rings. The molecule has 2 fully saturated rings. The van der Waals surface area contributed by atoms with Gasteiger partial charge < -0.3 is 10.1 Å². The molecule has 1 saturated carbocycles. The van der Waals surface area contributed by atoms with Crippen molar-refractivity contribution in [3.05, 3.63) is 0 Å². The van der Waals surface area contributed by atoms with E-state index >= 15 is 0 Å². The Bertz CT molecular complexity index is 230. The first-order valence-corrected chi connectivity index (χ1v) is 9.19. The van der Waals surface area contributed by atoms with Crippen LogP contribution < -0.4 is 5.32 Å². The summed E-state index contributed by atoms with van der Waals surface area (Å²) in [7, 11) is 0. The number of hydrogen-bond acceptors (Lipinski definition) is 2. The largest absolute Gasteiger partial charge is 0.381 e. The van der Waals surface area contributed by atoms with Crippen LogP contribution in [0.1, 0.15) is 77.6 Å². The van der Waals surface area contributed by atoms with Crippen LogP contribution >= 0.6 is 0 Å². The molecule has 1 heterocycles. The van der Waals surface area contributed by atoms with E-state index in [1.165, 1.54) is 77.2 Å². The van der Waals surface area contributed by atoms with Gasteiger partial charge in [-0.25, -0.2) is 0 Å². The van der Waals surface area contributed by atoms with Gasteiger partial charge in [-0.3, -0.25) is 0 Å². The zero-order chi connectivity index (χ0) is 14.0. The van der Waals surface area contributed by atoms with Crippen molar-refractivity contribution in [2.45, 2.75) is 83.6 Å². The van der Waals surface area contributed by atoms with Crippen LogP contribution in [0.2, 0.25) is 0 Å². The van der Waals surface area contributed by atoms with Gasteiger partial charge in [-0.1, -0.05) is 45.4 Å². The van der Waals surface area contributed by atoms with Crippen LogP contribution in [-0.2, 0) is 4.74 Å². The summed E-state index contributed by atoms with van der Waals surface area (Å²) >= 11 is 0. The molecule has 1 atom stereocenters. The third-order valence-electron chi connectivity index (χ3n) is 5.23. The molecule has 2 heteroatoms. The maximum atomic E-state index is 5.51. The van der Waals surface area contributed by atoms with E-state index in [1.54, 1.807) is 0 Å². The first-order valence-electron chi connectivity index (χ1n) is 9.19. The van der Waals surface area contributed by atoms with Crippen molar-refractivity contribution in [1.29, 1.82) is 0 Å². The van der Waals surface area contributed by atoms with Gasteiger partial charge in [-0.15, -0.1) is 0 Å². The minimum Gasteiger partial charge on any atom is -0.381 e. The third kappa shape index (κ3) is 6.13. The summed E-state index contributed by atoms with van der Waals surface area (Å²) in [6.07, 6.45) is 15.5. The van der Waals surface area contributed by atoms with Crippen LogP contribution in [0.25, 0.3) is 0 Å². The number of nitrogens with one attached hydrogen (secondary N) is 1. The zero-order valence-electron chi connectivity index (χ0n) is 13.5. The van der Waals surface area contributed by atoms with Gasteiger partial charge in [0.1, 0.15) is 0 Å². The van der Waals surface area contributed by atoms with Crippen LogP contribution in [0.4, 0.5) is 0 Å². The normalized spacial score (nSPS) is 24.4. The highest BCUT2D eigenvalue weighted by Crippen LogP contribution is 2.29. The number of hydrogen-bond donors (Lipinski definition) is 1. The van der Waals surface area contributed by atoms with Gasteiger partial charge in [0.15, 0.2) is 0 Å². The molecule has 0 bridgehead atoms. The van der Waals surface area contributed by atoms with E-state index in [0.717, 1.165) is 31.1 Å². The van der Waals surface area contributed by atoms with Crippen LogP contribution in [-0.4, -0.2) is 25.8 Å². The van der Waals surface area contributed by atoms with Crippen molar-refractivity contribution in [3.63, 3.8) is 0 Å². The second-order valence-corrected chi connectivity index (χ2v) is 7.04. The summed E-state index contributed by atoms with van der Waals surface area (Å²) in [5.74, 6) is 1.90. The van der Waals surface area contributed by atoms with Gasteiger partial charge in [-0.05, 0) is 50.5 Å². The summed E-state index contributed by atoms with van der Waals surface area (Å²) < 4.78 is 5.51. The lowest BCUT2D eigenvalue weighted by atomic mass is 9.85. The lowest BCUT2D eigenvalue weighted by Gasteiger charge is -2.29. The third-order valence-corrected chi connectivity index (χ3v) is 5.23. The van der Waals surface area contributed by atoms with Crippen molar-refractivity contribution >= 4 is 0 Å². The molecule has 1 saturated heterocycles. The summed E-state index contributed by atoms with van der Waals surface area (Å²) in [5, 5.41) is 3.84. The van der Waals surface area contributed by atoms with Crippen molar-refractivity contribution in [2.24, 2.45) is 11.8 Å². The zero-order valence-corrected chi connectivity index (χ0v) is 13.5. The summed E-state index contributed by atoms with van der Waals surface area (Å²) in [4.78, 5) is 0. The van der Waals surface area contributed by atoms with Gasteiger partial charge in [0.2, 0.25) is 0 Å². The molecule has 1 aliphatic heterocycles. The summed E-state index contributed by atoms with van der Waals surface area (Å²) in [6.45, 7) is 5.47. The fourth-order valence-electron chi connectivity index (χ4n) is 4.00. The minimum absolute atomic E-state index is 0.765. The van der Waals surface area contributed by atoms with Gasteiger partial charge in [0.25, 0.3) is 0 Å². The topological polar surface area (TPSA) is 21.3 Å². The number of ether oxygens (including phenoxy) is 1. The standard InChI is InChI=1S/C18H35NO/c1-2-11-19-18(15-17-9-12-20-13-10-17)14-16-7-5-3-4-6-8-16/h16-19H,2-15H2,1H3. The Hall–Kier alpha value is -0.0800. The molecule has 0 radical (unpaired) electrons. The Morgan fingerprint density at radius 2 is 1.50 bits per heavy atom. The molecular formula is C18H35NO. The van der Waals surface area contributed by atoms with E-state index in [4.69, 9.17) is 4.74 Å². The Balaban J connectivity index is 1.78. The van der Waals surface area contributed by atoms with Crippen molar-refractivity contribution in [1.82, 2.24) is 5.32 Å². The molecule has 2 nitrogen and oxygen atoms in total. The van der Waals surface area contributed by atoms with Gasteiger partial charge in [0.05, 0.1) is 0 Å². The highest BCUT2D eigenvalue weighted by molar-refractivity contribution is 4.78. The predicted molar refractivity (Wildman–Crippen MR) is 86.1 cm³/mol. The van der Waals surface area contributed by atoms with E-state index in [9.17, 15) is 0 Å². The Labute approximate surface area is 126 Å². The van der Waals surface area contributed by atoms with Gasteiger partial charge in [0, 0.05) is 19.3 Å². The molecule has 0 aromatic heterocycles. The molecule has 1 aliphatic carbocycles. The molecular weight excluding hydrogens is 246 g/mol. The maximum absolute atomic E-state index is 5.51. The molecule has 118 valence electrons. The fraction of sp³-hybridized carbons (Fsp3) is 1.00. The molecule has 0 aromatic rings. The van der Waals surface area contributed by atoms with Gasteiger partial charge in [-0.2, -0.15) is 0 Å². The lowest BCUT2D eigenvalue weighted by molar-refractivity contribution is 0.0594. The smallest absolute Gasteiger partial charge is 0.0468 e. The Kier molecular flexibility index (Phi) is 7.97. The van der Waals surface area contributed by atoms with Crippen molar-refractivity contribution < 1.29 is 4.74 Å². The van der Waals surface area contributed by atoms with E-state index in [2.05, 4.69) is 12.2 Å². The molecule has 20 heavy (non-hydrogen) atoms. The first-order chi connectivity index (χ1) is 9.88. The monoisotopic (exact) mass is 281 g/mol. The lowest BCUT2D eigenvalue weighted by Crippen LogP contribution is -2.35. The molecule has 0 aromatic carbocycles. The molecule has 2 rings (SSSR count). The molecule has 1 N–H and O–H groups in total. The summed E-state index contributed by atoms with van der Waals surface area (Å²) in [5.41, 5.74) is 0. The average molecular weight is 281 g/mol. The van der Waals surface area contributed by atoms with E-state index in [1.807, 2.05) is 0 Å². The SMILES string of the molecule is CCCNC(CC1CCCCCC1)CC1CCOCC1. The van der Waals surface area contributed by atoms with Crippen LogP contribution in [0.3, 0.4) is 0 Å². The molecule has 1 unspecified atom stereocenters. The minimum atomic E-state index is 0.765. The average Bonchev–Trinajstić information content (AvgIpc) is 2.74. The first kappa shape index (κ1) is 16.3.